The highest BCUT2D eigenvalue weighted by atomic mass is 35.5. The largest absolute Gasteiger partial charge is 0.491 e. The Morgan fingerprint density at radius 2 is 2.07 bits per heavy atom. The van der Waals surface area contributed by atoms with Crippen LogP contribution in [-0.4, -0.2) is 34.8 Å². The van der Waals surface area contributed by atoms with Crippen LogP contribution in [0.15, 0.2) is 47.6 Å². The Balaban J connectivity index is 1.90. The van der Waals surface area contributed by atoms with Gasteiger partial charge in [-0.2, -0.15) is 14.9 Å². The van der Waals surface area contributed by atoms with Crippen molar-refractivity contribution in [1.82, 2.24) is 14.9 Å². The molecule has 0 aliphatic carbocycles. The van der Waals surface area contributed by atoms with Crippen LogP contribution in [0.25, 0.3) is 0 Å². The summed E-state index contributed by atoms with van der Waals surface area (Å²) in [6.45, 7) is 2.40. The topological polar surface area (TPSA) is 64.4 Å². The van der Waals surface area contributed by atoms with Crippen molar-refractivity contribution in [3.63, 3.8) is 0 Å². The number of halogens is 1. The van der Waals surface area contributed by atoms with E-state index in [2.05, 4.69) is 15.3 Å². The Morgan fingerprint density at radius 1 is 1.30 bits per heavy atom. The summed E-state index contributed by atoms with van der Waals surface area (Å²) in [5.74, 6) is 1.78. The van der Waals surface area contributed by atoms with Crippen molar-refractivity contribution in [1.29, 1.82) is 0 Å². The van der Waals surface area contributed by atoms with Crippen LogP contribution in [0.5, 0.6) is 11.5 Å². The van der Waals surface area contributed by atoms with Gasteiger partial charge in [0.2, 0.25) is 4.77 Å². The van der Waals surface area contributed by atoms with Gasteiger partial charge in [0.1, 0.15) is 0 Å². The van der Waals surface area contributed by atoms with Gasteiger partial charge in [0.25, 0.3) is 0 Å². The second-order valence-corrected chi connectivity index (χ2v) is 6.42. The fraction of sp³-hybridized carbons (Fsp3) is 0.211. The van der Waals surface area contributed by atoms with Crippen LogP contribution >= 0.6 is 23.8 Å². The third-order valence-electron chi connectivity index (χ3n) is 3.78. The highest BCUT2D eigenvalue weighted by Gasteiger charge is 2.11. The fourth-order valence-electron chi connectivity index (χ4n) is 2.58. The van der Waals surface area contributed by atoms with E-state index in [-0.39, 0.29) is 0 Å². The number of nitrogens with one attached hydrogen (secondary N) is 1. The summed E-state index contributed by atoms with van der Waals surface area (Å²) in [5.41, 5.74) is 1.88. The van der Waals surface area contributed by atoms with Crippen molar-refractivity contribution in [3.05, 3.63) is 69.2 Å². The van der Waals surface area contributed by atoms with E-state index >= 15 is 0 Å². The molecule has 3 aromatic rings. The van der Waals surface area contributed by atoms with Crippen LogP contribution in [0, 0.1) is 4.77 Å². The highest BCUT2D eigenvalue weighted by Crippen LogP contribution is 2.35. The number of H-pyrrole nitrogens is 1. The zero-order valence-corrected chi connectivity index (χ0v) is 16.5. The van der Waals surface area contributed by atoms with Crippen LogP contribution in [0.1, 0.15) is 23.9 Å². The maximum Gasteiger partial charge on any atom is 0.216 e. The lowest BCUT2D eigenvalue weighted by Gasteiger charge is -2.11. The number of nitrogens with zero attached hydrogens (tertiary/aromatic N) is 3. The van der Waals surface area contributed by atoms with Crippen LogP contribution in [0.2, 0.25) is 5.02 Å². The summed E-state index contributed by atoms with van der Waals surface area (Å²) < 4.78 is 12.9. The predicted octanol–water partition coefficient (Wildman–Crippen LogP) is 4.47. The van der Waals surface area contributed by atoms with E-state index in [1.165, 1.54) is 0 Å². The number of hydrogen-bond donors (Lipinski definition) is 1. The molecule has 0 aliphatic rings. The first-order valence-corrected chi connectivity index (χ1v) is 9.16. The minimum Gasteiger partial charge on any atom is -0.491 e. The van der Waals surface area contributed by atoms with Crippen LogP contribution in [0.4, 0.5) is 0 Å². The van der Waals surface area contributed by atoms with Gasteiger partial charge in [-0.15, -0.1) is 0 Å². The number of methoxy groups -OCH3 is 1. The smallest absolute Gasteiger partial charge is 0.216 e. The lowest BCUT2D eigenvalue weighted by molar-refractivity contribution is 0.311. The lowest BCUT2D eigenvalue weighted by atomic mass is 10.1. The molecule has 1 heterocycles. The molecule has 8 heteroatoms. The molecule has 0 spiro atoms. The predicted molar refractivity (Wildman–Crippen MR) is 109 cm³/mol. The van der Waals surface area contributed by atoms with Crippen molar-refractivity contribution in [2.24, 2.45) is 5.10 Å². The second-order valence-electron chi connectivity index (χ2n) is 5.63. The van der Waals surface area contributed by atoms with Gasteiger partial charge >= 0.3 is 0 Å². The van der Waals surface area contributed by atoms with Gasteiger partial charge in [-0.25, -0.2) is 0 Å². The number of rotatable bonds is 7. The molecule has 3 rings (SSSR count). The van der Waals surface area contributed by atoms with Crippen molar-refractivity contribution in [3.8, 4) is 11.5 Å². The minimum atomic E-state index is 0.418. The van der Waals surface area contributed by atoms with Crippen molar-refractivity contribution in [2.75, 3.05) is 13.7 Å². The average Bonchev–Trinajstić information content (AvgIpc) is 3.00. The Morgan fingerprint density at radius 3 is 2.78 bits per heavy atom. The normalized spacial score (nSPS) is 11.1. The highest BCUT2D eigenvalue weighted by molar-refractivity contribution is 7.71. The van der Waals surface area contributed by atoms with Gasteiger partial charge in [-0.05, 0) is 42.4 Å². The van der Waals surface area contributed by atoms with E-state index in [0.717, 1.165) is 11.1 Å². The first kappa shape index (κ1) is 19.1. The monoisotopic (exact) mass is 402 g/mol. The van der Waals surface area contributed by atoms with Gasteiger partial charge in [0.05, 0.1) is 25.0 Å². The van der Waals surface area contributed by atoms with Crippen molar-refractivity contribution in [2.45, 2.75) is 13.3 Å². The molecule has 0 aliphatic heterocycles. The maximum atomic E-state index is 6.29. The Hall–Kier alpha value is -2.64. The van der Waals surface area contributed by atoms with Gasteiger partial charge in [0, 0.05) is 6.42 Å². The van der Waals surface area contributed by atoms with E-state index in [9.17, 15) is 0 Å². The molecule has 2 aromatic carbocycles. The number of aromatic nitrogens is 3. The standard InChI is InChI=1S/C19H19ClN4O2S/c1-3-26-16-10-14(9-15(20)18(16)25-2)12-21-24-17(22-23-19(24)27)11-13-7-5-4-6-8-13/h4-10,12H,3,11H2,1-2H3,(H,23,27)/b21-12-. The molecular weight excluding hydrogens is 384 g/mol. The molecule has 0 unspecified atom stereocenters. The Kier molecular flexibility index (Phi) is 6.26. The molecule has 6 nitrogen and oxygen atoms in total. The van der Waals surface area contributed by atoms with E-state index in [4.69, 9.17) is 33.3 Å². The second kappa shape index (κ2) is 8.83. The van der Waals surface area contributed by atoms with Gasteiger partial charge < -0.3 is 9.47 Å². The zero-order chi connectivity index (χ0) is 19.2. The SMILES string of the molecule is CCOc1cc(/C=N\n2c(Cc3ccccc3)n[nH]c2=S)cc(Cl)c1OC. The van der Waals surface area contributed by atoms with Gasteiger partial charge in [-0.1, -0.05) is 41.9 Å². The molecule has 0 saturated carbocycles. The van der Waals surface area contributed by atoms with Crippen molar-refractivity contribution < 1.29 is 9.47 Å². The molecule has 140 valence electrons. The Labute approximate surface area is 167 Å². The van der Waals surface area contributed by atoms with Gasteiger partial charge in [-0.3, -0.25) is 5.10 Å². The third-order valence-corrected chi connectivity index (χ3v) is 4.33. The Bertz CT molecular complexity index is 999. The molecule has 0 saturated heterocycles. The van der Waals surface area contributed by atoms with Crippen molar-refractivity contribution >= 4 is 30.0 Å². The summed E-state index contributed by atoms with van der Waals surface area (Å²) in [5, 5.41) is 12.0. The molecular formula is C19H19ClN4O2S. The molecule has 0 atom stereocenters. The summed E-state index contributed by atoms with van der Waals surface area (Å²) in [6.07, 6.45) is 2.27. The quantitative estimate of drug-likeness (QED) is 0.467. The third kappa shape index (κ3) is 4.56. The number of ether oxygens (including phenoxy) is 2. The van der Waals surface area contributed by atoms with E-state index in [1.807, 2.05) is 43.3 Å². The average molecular weight is 403 g/mol. The van der Waals surface area contributed by atoms with Gasteiger partial charge in [0.15, 0.2) is 17.3 Å². The maximum absolute atomic E-state index is 6.29. The molecule has 0 bridgehead atoms. The summed E-state index contributed by atoms with van der Waals surface area (Å²) in [4.78, 5) is 0. The summed E-state index contributed by atoms with van der Waals surface area (Å²) in [6, 6.07) is 13.6. The molecule has 0 amide bonds. The van der Waals surface area contributed by atoms with Crippen LogP contribution < -0.4 is 9.47 Å². The first-order valence-electron chi connectivity index (χ1n) is 8.37. The molecule has 0 fully saturated rings. The summed E-state index contributed by atoms with van der Waals surface area (Å²) >= 11 is 11.6. The van der Waals surface area contributed by atoms with Crippen LogP contribution in [0.3, 0.4) is 0 Å². The van der Waals surface area contributed by atoms with Crippen LogP contribution in [-0.2, 0) is 6.42 Å². The summed E-state index contributed by atoms with van der Waals surface area (Å²) in [7, 11) is 1.55. The molecule has 27 heavy (non-hydrogen) atoms. The number of hydrogen-bond acceptors (Lipinski definition) is 5. The lowest BCUT2D eigenvalue weighted by Crippen LogP contribution is -2.01. The first-order chi connectivity index (χ1) is 13.1. The van der Waals surface area contributed by atoms with E-state index in [1.54, 1.807) is 24.1 Å². The van der Waals surface area contributed by atoms with E-state index in [0.29, 0.717) is 40.1 Å². The molecule has 1 N–H and O–H groups in total. The fourth-order valence-corrected chi connectivity index (χ4v) is 3.08. The van der Waals surface area contributed by atoms with E-state index < -0.39 is 0 Å². The number of aromatic amines is 1. The minimum absolute atomic E-state index is 0.418. The molecule has 0 radical (unpaired) electrons. The molecule has 1 aromatic heterocycles. The number of benzene rings is 2. The zero-order valence-electron chi connectivity index (χ0n) is 15.0.